The lowest BCUT2D eigenvalue weighted by Crippen LogP contribution is -2.45. The number of carbonyl (C=O) groups excluding carboxylic acids is 4. The van der Waals surface area contributed by atoms with Crippen LogP contribution in [-0.2, 0) is 23.9 Å². The van der Waals surface area contributed by atoms with Gasteiger partial charge in [0.25, 0.3) is 0 Å². The molecule has 0 saturated carbocycles. The van der Waals surface area contributed by atoms with Gasteiger partial charge in [-0.05, 0) is 20.8 Å². The minimum atomic E-state index is -0.842. The molecule has 4 amide bonds. The van der Waals surface area contributed by atoms with Gasteiger partial charge in [-0.15, -0.1) is 0 Å². The summed E-state index contributed by atoms with van der Waals surface area (Å²) in [5.74, 6) is 1.12. The summed E-state index contributed by atoms with van der Waals surface area (Å²) in [5, 5.41) is 14.3. The van der Waals surface area contributed by atoms with E-state index in [2.05, 4.69) is 10.6 Å². The summed E-state index contributed by atoms with van der Waals surface area (Å²) in [6, 6.07) is 0. The Morgan fingerprint density at radius 1 is 0.821 bits per heavy atom. The Hall–Kier alpha value is -2.15. The number of hydrogen-bond acceptors (Lipinski definition) is 8. The van der Waals surface area contributed by atoms with Gasteiger partial charge < -0.3 is 30.3 Å². The van der Waals surface area contributed by atoms with Crippen molar-refractivity contribution in [2.45, 2.75) is 66.4 Å². The highest BCUT2D eigenvalue weighted by atomic mass is 32.2. The number of aliphatic carboxylic acids is 1. The molecule has 1 atom stereocenters. The van der Waals surface area contributed by atoms with Crippen molar-refractivity contribution in [3.63, 3.8) is 0 Å². The summed E-state index contributed by atoms with van der Waals surface area (Å²) in [6.45, 7) is 13.1. The van der Waals surface area contributed by atoms with Gasteiger partial charge >= 0.3 is 12.1 Å². The molecule has 0 fully saturated rings. The van der Waals surface area contributed by atoms with Crippen LogP contribution >= 0.6 is 23.5 Å². The number of amides is 4. The molecule has 0 spiro atoms. The largest absolute Gasteiger partial charge is 0.481 e. The highest BCUT2D eigenvalue weighted by Crippen LogP contribution is 2.09. The van der Waals surface area contributed by atoms with Crippen LogP contribution in [0.3, 0.4) is 0 Å². The molecule has 0 bridgehead atoms. The Morgan fingerprint density at radius 3 is 1.95 bits per heavy atom. The second-order valence-corrected chi connectivity index (χ2v) is 12.3. The van der Waals surface area contributed by atoms with E-state index in [0.29, 0.717) is 75.1 Å². The van der Waals surface area contributed by atoms with Crippen molar-refractivity contribution in [3.8, 4) is 0 Å². The summed E-state index contributed by atoms with van der Waals surface area (Å²) in [5.41, 5.74) is -0.545. The monoisotopic (exact) mass is 592 g/mol. The van der Waals surface area contributed by atoms with Crippen molar-refractivity contribution < 1.29 is 33.8 Å². The van der Waals surface area contributed by atoms with E-state index in [1.165, 1.54) is 11.8 Å². The summed E-state index contributed by atoms with van der Waals surface area (Å²) >= 11 is 3.05. The SMILES string of the molecule is CCC(=O)N(CCNC(=O)C(C)CSCCNC(=O)OC(C)(C)C)CCN(CCSCCC(=O)O)C(=O)CC. The molecule has 0 aliphatic carbocycles. The molecule has 226 valence electrons. The van der Waals surface area contributed by atoms with E-state index >= 15 is 0 Å². The first-order valence-corrected chi connectivity index (χ1v) is 15.8. The molecule has 0 aliphatic rings. The first-order valence-electron chi connectivity index (χ1n) is 13.5. The van der Waals surface area contributed by atoms with Gasteiger partial charge in [-0.2, -0.15) is 23.5 Å². The lowest BCUT2D eigenvalue weighted by Gasteiger charge is -2.28. The maximum absolute atomic E-state index is 12.5. The zero-order chi connectivity index (χ0) is 29.8. The average Bonchev–Trinajstić information content (AvgIpc) is 2.86. The van der Waals surface area contributed by atoms with E-state index in [-0.39, 0.29) is 30.1 Å². The van der Waals surface area contributed by atoms with Gasteiger partial charge in [-0.3, -0.25) is 19.2 Å². The Morgan fingerprint density at radius 2 is 1.41 bits per heavy atom. The van der Waals surface area contributed by atoms with Crippen LogP contribution in [0.2, 0.25) is 0 Å². The fourth-order valence-corrected chi connectivity index (χ4v) is 5.00. The maximum atomic E-state index is 12.5. The van der Waals surface area contributed by atoms with Gasteiger partial charge in [0.05, 0.1) is 6.42 Å². The molecule has 1 unspecified atom stereocenters. The highest BCUT2D eigenvalue weighted by molar-refractivity contribution is 7.99. The minimum Gasteiger partial charge on any atom is -0.481 e. The number of alkyl carbamates (subject to hydrolysis) is 1. The number of hydrogen-bond donors (Lipinski definition) is 3. The minimum absolute atomic E-state index is 0.0151. The number of nitrogens with zero attached hydrogens (tertiary/aromatic N) is 2. The molecule has 0 aromatic heterocycles. The van der Waals surface area contributed by atoms with E-state index in [9.17, 15) is 24.0 Å². The number of ether oxygens (including phenoxy) is 1. The Kier molecular flexibility index (Phi) is 19.6. The Balaban J connectivity index is 4.48. The third-order valence-corrected chi connectivity index (χ3v) is 7.52. The van der Waals surface area contributed by atoms with Gasteiger partial charge in [0.15, 0.2) is 0 Å². The average molecular weight is 593 g/mol. The van der Waals surface area contributed by atoms with Crippen LogP contribution < -0.4 is 10.6 Å². The van der Waals surface area contributed by atoms with Gasteiger partial charge in [0, 0.05) is 81.0 Å². The summed E-state index contributed by atoms with van der Waals surface area (Å²) in [6.07, 6.45) is 0.298. The van der Waals surface area contributed by atoms with Crippen LogP contribution in [0.1, 0.15) is 60.8 Å². The molecule has 0 aromatic carbocycles. The summed E-state index contributed by atoms with van der Waals surface area (Å²) in [7, 11) is 0. The van der Waals surface area contributed by atoms with Crippen molar-refractivity contribution >= 4 is 53.3 Å². The zero-order valence-corrected chi connectivity index (χ0v) is 26.0. The smallest absolute Gasteiger partial charge is 0.407 e. The van der Waals surface area contributed by atoms with Gasteiger partial charge in [-0.25, -0.2) is 4.79 Å². The van der Waals surface area contributed by atoms with Crippen LogP contribution in [0.5, 0.6) is 0 Å². The van der Waals surface area contributed by atoms with Gasteiger partial charge in [0.1, 0.15) is 5.60 Å². The number of rotatable bonds is 20. The first-order chi connectivity index (χ1) is 18.3. The van der Waals surface area contributed by atoms with Crippen LogP contribution in [0, 0.1) is 5.92 Å². The fraction of sp³-hybridized carbons (Fsp3) is 0.808. The molecule has 0 aromatic rings. The van der Waals surface area contributed by atoms with Crippen molar-refractivity contribution in [3.05, 3.63) is 0 Å². The normalized spacial score (nSPS) is 11.8. The molecule has 0 radical (unpaired) electrons. The molecule has 11 nitrogen and oxygen atoms in total. The highest BCUT2D eigenvalue weighted by Gasteiger charge is 2.18. The van der Waals surface area contributed by atoms with Crippen LogP contribution in [0.15, 0.2) is 0 Å². The number of carboxylic acid groups (broad SMARTS) is 1. The Bertz CT molecular complexity index is 778. The predicted octanol–water partition coefficient (Wildman–Crippen LogP) is 2.68. The summed E-state index contributed by atoms with van der Waals surface area (Å²) < 4.78 is 5.18. The lowest BCUT2D eigenvalue weighted by atomic mass is 10.2. The van der Waals surface area contributed by atoms with Crippen molar-refractivity contribution in [1.29, 1.82) is 0 Å². The molecule has 39 heavy (non-hydrogen) atoms. The second kappa shape index (κ2) is 20.7. The number of carbonyl (C=O) groups is 5. The molecule has 0 rings (SSSR count). The van der Waals surface area contributed by atoms with E-state index in [0.717, 1.165) is 0 Å². The van der Waals surface area contributed by atoms with Crippen molar-refractivity contribution in [1.82, 2.24) is 20.4 Å². The fourth-order valence-electron chi connectivity index (χ4n) is 3.21. The zero-order valence-electron chi connectivity index (χ0n) is 24.4. The summed E-state index contributed by atoms with van der Waals surface area (Å²) in [4.78, 5) is 63.0. The molecule has 13 heteroatoms. The molecule has 0 saturated heterocycles. The first kappa shape index (κ1) is 36.8. The third kappa shape index (κ3) is 19.5. The molecule has 0 aliphatic heterocycles. The van der Waals surface area contributed by atoms with Crippen LogP contribution in [-0.4, -0.2) is 113 Å². The van der Waals surface area contributed by atoms with E-state index in [1.807, 2.05) is 6.92 Å². The topological polar surface area (TPSA) is 145 Å². The van der Waals surface area contributed by atoms with Gasteiger partial charge in [0.2, 0.25) is 17.7 Å². The number of nitrogens with one attached hydrogen (secondary N) is 2. The maximum Gasteiger partial charge on any atom is 0.407 e. The van der Waals surface area contributed by atoms with E-state index in [4.69, 9.17) is 9.84 Å². The predicted molar refractivity (Wildman–Crippen MR) is 157 cm³/mol. The molecule has 3 N–H and O–H groups in total. The van der Waals surface area contributed by atoms with Gasteiger partial charge in [-0.1, -0.05) is 20.8 Å². The van der Waals surface area contributed by atoms with Crippen LogP contribution in [0.4, 0.5) is 4.79 Å². The second-order valence-electron chi connectivity index (χ2n) is 9.92. The lowest BCUT2D eigenvalue weighted by molar-refractivity contribution is -0.136. The van der Waals surface area contributed by atoms with Crippen molar-refractivity contribution in [2.75, 3.05) is 62.3 Å². The van der Waals surface area contributed by atoms with Crippen LogP contribution in [0.25, 0.3) is 0 Å². The quantitative estimate of drug-likeness (QED) is 0.182. The number of thioether (sulfide) groups is 2. The number of carboxylic acids is 1. The Labute approximate surface area is 241 Å². The standard InChI is InChI=1S/C26H48N4O7S2/c1-7-21(31)29(13-14-30(22(32)8-2)15-18-38-16-9-23(33)34)12-10-27-24(35)20(3)19-39-17-11-28-25(36)37-26(4,5)6/h20H,7-19H2,1-6H3,(H,27,35)(H,28,36)(H,33,34). The molecular formula is C26H48N4O7S2. The molecule has 0 heterocycles. The third-order valence-electron chi connectivity index (χ3n) is 5.33. The van der Waals surface area contributed by atoms with E-state index < -0.39 is 17.7 Å². The molecular weight excluding hydrogens is 544 g/mol. The van der Waals surface area contributed by atoms with Crippen molar-refractivity contribution in [2.24, 2.45) is 5.92 Å². The van der Waals surface area contributed by atoms with E-state index in [1.54, 1.807) is 56.2 Å².